The maximum Gasteiger partial charge on any atom is 0.326 e. The summed E-state index contributed by atoms with van der Waals surface area (Å²) >= 11 is 0. The fourth-order valence-corrected chi connectivity index (χ4v) is 1.70. The summed E-state index contributed by atoms with van der Waals surface area (Å²) in [5.74, 6) is -2.02. The number of hydrogen-bond donors (Lipinski definition) is 5. The Morgan fingerprint density at radius 2 is 1.50 bits per heavy atom. The lowest BCUT2D eigenvalue weighted by Crippen LogP contribution is -2.42. The van der Waals surface area contributed by atoms with Gasteiger partial charge in [0.15, 0.2) is 0 Å². The van der Waals surface area contributed by atoms with Crippen LogP contribution in [-0.4, -0.2) is 85.3 Å². The number of unbranched alkanes of at least 4 members (excludes halogenated alkanes) is 1. The number of aliphatic carboxylic acids is 1. The zero-order valence-electron chi connectivity index (χ0n) is 13.5. The molecule has 0 radical (unpaired) electrons. The summed E-state index contributed by atoms with van der Waals surface area (Å²) in [6.07, 6.45) is 1.26. The Labute approximate surface area is 140 Å². The molecule has 0 rings (SSSR count). The third-order valence-corrected chi connectivity index (χ3v) is 2.81. The highest BCUT2D eigenvalue weighted by molar-refractivity contribution is 5.84. The smallest absolute Gasteiger partial charge is 0.326 e. The van der Waals surface area contributed by atoms with Crippen LogP contribution in [0.4, 0.5) is 0 Å². The molecule has 0 aromatic heterocycles. The average molecular weight is 350 g/mol. The molecule has 2 amide bonds. The van der Waals surface area contributed by atoms with Gasteiger partial charge in [-0.3, -0.25) is 9.59 Å². The van der Waals surface area contributed by atoms with E-state index < -0.39 is 17.9 Å². The molecule has 0 saturated heterocycles. The van der Waals surface area contributed by atoms with Crippen LogP contribution in [0.2, 0.25) is 0 Å². The van der Waals surface area contributed by atoms with Crippen LogP contribution < -0.4 is 10.6 Å². The van der Waals surface area contributed by atoms with Gasteiger partial charge in [0, 0.05) is 6.54 Å². The minimum Gasteiger partial charge on any atom is -0.480 e. The lowest BCUT2D eigenvalue weighted by Gasteiger charge is -2.14. The number of rotatable bonds is 15. The highest BCUT2D eigenvalue weighted by Crippen LogP contribution is 2.01. The maximum absolute atomic E-state index is 11.5. The van der Waals surface area contributed by atoms with E-state index in [9.17, 15) is 14.4 Å². The Hall–Kier alpha value is -1.75. The largest absolute Gasteiger partial charge is 0.480 e. The molecular weight excluding hydrogens is 324 g/mol. The normalized spacial score (nSPS) is 11.8. The van der Waals surface area contributed by atoms with E-state index in [1.807, 2.05) is 0 Å². The fourth-order valence-electron chi connectivity index (χ4n) is 1.70. The van der Waals surface area contributed by atoms with Crippen LogP contribution >= 0.6 is 0 Å². The molecule has 0 saturated carbocycles. The van der Waals surface area contributed by atoms with Crippen LogP contribution in [0.25, 0.3) is 0 Å². The summed E-state index contributed by atoms with van der Waals surface area (Å²) in [6.45, 7) is -0.354. The van der Waals surface area contributed by atoms with Crippen molar-refractivity contribution >= 4 is 17.8 Å². The Bertz CT molecular complexity index is 378. The van der Waals surface area contributed by atoms with E-state index in [0.29, 0.717) is 19.4 Å². The molecule has 10 heteroatoms. The number of aliphatic hydroxyl groups excluding tert-OH is 2. The van der Waals surface area contributed by atoms with Gasteiger partial charge in [-0.25, -0.2) is 4.79 Å². The second-order valence-electron chi connectivity index (χ2n) is 4.86. The maximum atomic E-state index is 11.5. The van der Waals surface area contributed by atoms with Crippen LogP contribution in [0.1, 0.15) is 19.3 Å². The molecule has 5 N–H and O–H groups in total. The molecule has 0 fully saturated rings. The van der Waals surface area contributed by atoms with Gasteiger partial charge in [-0.15, -0.1) is 0 Å². The molecule has 0 aromatic carbocycles. The van der Waals surface area contributed by atoms with Crippen LogP contribution in [0, 0.1) is 0 Å². The third kappa shape index (κ3) is 12.8. The SMILES string of the molecule is O=C(COCCO)NCCCC[C@H](NC(=O)COCCO)C(=O)O. The summed E-state index contributed by atoms with van der Waals surface area (Å²) in [5.41, 5.74) is 0. The summed E-state index contributed by atoms with van der Waals surface area (Å²) < 4.78 is 9.65. The number of nitrogens with one attached hydrogen (secondary N) is 2. The molecule has 0 spiro atoms. The molecule has 1 atom stereocenters. The van der Waals surface area contributed by atoms with E-state index in [4.69, 9.17) is 24.8 Å². The van der Waals surface area contributed by atoms with Crippen LogP contribution in [0.5, 0.6) is 0 Å². The van der Waals surface area contributed by atoms with Crippen molar-refractivity contribution in [2.45, 2.75) is 25.3 Å². The van der Waals surface area contributed by atoms with Crippen LogP contribution in [-0.2, 0) is 23.9 Å². The molecular formula is C14H26N2O8. The summed E-state index contributed by atoms with van der Waals surface area (Å²) in [5, 5.41) is 31.0. The van der Waals surface area contributed by atoms with Crippen molar-refractivity contribution in [1.82, 2.24) is 10.6 Å². The molecule has 10 nitrogen and oxygen atoms in total. The van der Waals surface area contributed by atoms with Crippen molar-refractivity contribution in [2.75, 3.05) is 46.2 Å². The molecule has 24 heavy (non-hydrogen) atoms. The van der Waals surface area contributed by atoms with E-state index in [-0.39, 0.29) is 52.0 Å². The van der Waals surface area contributed by atoms with E-state index >= 15 is 0 Å². The minimum absolute atomic E-state index is 0.00682. The number of carbonyl (C=O) groups is 3. The van der Waals surface area contributed by atoms with Gasteiger partial charge in [-0.05, 0) is 19.3 Å². The van der Waals surface area contributed by atoms with Gasteiger partial charge in [0.05, 0.1) is 26.4 Å². The van der Waals surface area contributed by atoms with Gasteiger partial charge in [0.2, 0.25) is 11.8 Å². The Balaban J connectivity index is 3.83. The monoisotopic (exact) mass is 350 g/mol. The number of ether oxygens (including phenoxy) is 2. The third-order valence-electron chi connectivity index (χ3n) is 2.81. The van der Waals surface area contributed by atoms with Crippen molar-refractivity contribution in [1.29, 1.82) is 0 Å². The second kappa shape index (κ2) is 14.8. The van der Waals surface area contributed by atoms with E-state index in [1.54, 1.807) is 0 Å². The first-order chi connectivity index (χ1) is 11.5. The molecule has 0 heterocycles. The highest BCUT2D eigenvalue weighted by atomic mass is 16.5. The van der Waals surface area contributed by atoms with Gasteiger partial charge < -0.3 is 35.4 Å². The first-order valence-electron chi connectivity index (χ1n) is 7.67. The molecule has 0 aliphatic rings. The zero-order chi connectivity index (χ0) is 18.2. The van der Waals surface area contributed by atoms with E-state index in [1.165, 1.54) is 0 Å². The van der Waals surface area contributed by atoms with Crippen molar-refractivity contribution in [2.24, 2.45) is 0 Å². The number of carbonyl (C=O) groups excluding carboxylic acids is 2. The predicted molar refractivity (Wildman–Crippen MR) is 82.2 cm³/mol. The molecule has 0 aliphatic carbocycles. The Morgan fingerprint density at radius 3 is 2.04 bits per heavy atom. The molecule has 0 aliphatic heterocycles. The Morgan fingerprint density at radius 1 is 0.917 bits per heavy atom. The van der Waals surface area contributed by atoms with Crippen LogP contribution in [0.3, 0.4) is 0 Å². The van der Waals surface area contributed by atoms with Crippen molar-refractivity contribution in [3.63, 3.8) is 0 Å². The fraction of sp³-hybridized carbons (Fsp3) is 0.786. The van der Waals surface area contributed by atoms with Crippen molar-refractivity contribution < 1.29 is 39.2 Å². The number of aliphatic hydroxyl groups is 2. The number of carboxylic acids is 1. The number of amides is 2. The zero-order valence-corrected chi connectivity index (χ0v) is 13.5. The van der Waals surface area contributed by atoms with Crippen molar-refractivity contribution in [3.05, 3.63) is 0 Å². The minimum atomic E-state index is -1.15. The van der Waals surface area contributed by atoms with Gasteiger partial charge in [0.25, 0.3) is 0 Å². The van der Waals surface area contributed by atoms with Gasteiger partial charge in [0.1, 0.15) is 19.3 Å². The standard InChI is InChI=1S/C14H26N2O8/c17-5-7-23-9-12(19)15-4-2-1-3-11(14(21)22)16-13(20)10-24-8-6-18/h11,17-18H,1-10H2,(H,15,19)(H,16,20)(H,21,22)/t11-/m0/s1. The summed E-state index contributed by atoms with van der Waals surface area (Å²) in [7, 11) is 0. The first-order valence-corrected chi connectivity index (χ1v) is 7.67. The lowest BCUT2D eigenvalue weighted by molar-refractivity contribution is -0.142. The van der Waals surface area contributed by atoms with Gasteiger partial charge >= 0.3 is 5.97 Å². The predicted octanol–water partition coefficient (Wildman–Crippen LogP) is -2.14. The Kier molecular flexibility index (Phi) is 13.7. The van der Waals surface area contributed by atoms with Gasteiger partial charge in [-0.2, -0.15) is 0 Å². The highest BCUT2D eigenvalue weighted by Gasteiger charge is 2.19. The summed E-state index contributed by atoms with van der Waals surface area (Å²) in [6, 6.07) is -1.03. The summed E-state index contributed by atoms with van der Waals surface area (Å²) in [4.78, 5) is 33.8. The average Bonchev–Trinajstić information content (AvgIpc) is 2.53. The number of hydrogen-bond acceptors (Lipinski definition) is 7. The van der Waals surface area contributed by atoms with E-state index in [0.717, 1.165) is 0 Å². The van der Waals surface area contributed by atoms with Crippen LogP contribution in [0.15, 0.2) is 0 Å². The quantitative estimate of drug-likeness (QED) is 0.210. The topological polar surface area (TPSA) is 154 Å². The first kappa shape index (κ1) is 22.2. The molecule has 140 valence electrons. The number of carboxylic acid groups (broad SMARTS) is 1. The van der Waals surface area contributed by atoms with Gasteiger partial charge in [-0.1, -0.05) is 0 Å². The molecule has 0 unspecified atom stereocenters. The van der Waals surface area contributed by atoms with E-state index in [2.05, 4.69) is 10.6 Å². The lowest BCUT2D eigenvalue weighted by atomic mass is 10.1. The van der Waals surface area contributed by atoms with Crippen molar-refractivity contribution in [3.8, 4) is 0 Å². The molecule has 0 bridgehead atoms. The second-order valence-corrected chi connectivity index (χ2v) is 4.86. The molecule has 0 aromatic rings.